The third-order valence-electron chi connectivity index (χ3n) is 3.63. The number of thioether (sulfide) groups is 1. The average Bonchev–Trinajstić information content (AvgIpc) is 3.24. The van der Waals surface area contributed by atoms with E-state index in [4.69, 9.17) is 0 Å². The molecule has 0 bridgehead atoms. The van der Waals surface area contributed by atoms with Gasteiger partial charge in [0.15, 0.2) is 0 Å². The van der Waals surface area contributed by atoms with Crippen LogP contribution in [-0.2, 0) is 11.3 Å². The molecule has 7 nitrogen and oxygen atoms in total. The van der Waals surface area contributed by atoms with Gasteiger partial charge in [0.1, 0.15) is 6.04 Å². The number of rotatable bonds is 4. The normalized spacial score (nSPS) is 24.9. The lowest BCUT2D eigenvalue weighted by Crippen LogP contribution is -2.50. The second kappa shape index (κ2) is 5.88. The standard InChI is InChI=1S/C13H16N4O3S/c18-12(19)10-7-21-11(8-3-4-8)17(10)13(20)14-6-9-2-1-5-15-16-9/h1-2,5,8,10-11H,3-4,6-7H2,(H,14,20)(H,18,19). The maximum atomic E-state index is 12.4. The molecule has 2 atom stereocenters. The third kappa shape index (κ3) is 3.10. The summed E-state index contributed by atoms with van der Waals surface area (Å²) in [6, 6.07) is 2.42. The van der Waals surface area contributed by atoms with E-state index in [-0.39, 0.29) is 17.9 Å². The zero-order valence-electron chi connectivity index (χ0n) is 11.3. The Morgan fingerprint density at radius 1 is 1.48 bits per heavy atom. The Labute approximate surface area is 126 Å². The van der Waals surface area contributed by atoms with Gasteiger partial charge in [-0.3, -0.25) is 4.90 Å². The van der Waals surface area contributed by atoms with E-state index in [1.165, 1.54) is 4.90 Å². The van der Waals surface area contributed by atoms with E-state index in [1.807, 2.05) is 0 Å². The molecule has 1 saturated carbocycles. The van der Waals surface area contributed by atoms with Crippen molar-refractivity contribution in [3.05, 3.63) is 24.0 Å². The van der Waals surface area contributed by atoms with Crippen molar-refractivity contribution in [1.82, 2.24) is 20.4 Å². The number of carboxylic acids is 1. The lowest BCUT2D eigenvalue weighted by atomic mass is 10.2. The van der Waals surface area contributed by atoms with Crippen LogP contribution in [0.2, 0.25) is 0 Å². The van der Waals surface area contributed by atoms with E-state index < -0.39 is 12.0 Å². The quantitative estimate of drug-likeness (QED) is 0.859. The summed E-state index contributed by atoms with van der Waals surface area (Å²) in [7, 11) is 0. The van der Waals surface area contributed by atoms with Gasteiger partial charge in [-0.1, -0.05) is 0 Å². The minimum atomic E-state index is -0.944. The minimum Gasteiger partial charge on any atom is -0.480 e. The molecule has 2 unspecified atom stereocenters. The zero-order chi connectivity index (χ0) is 14.8. The fraction of sp³-hybridized carbons (Fsp3) is 0.538. The summed E-state index contributed by atoms with van der Waals surface area (Å²) < 4.78 is 0. The molecule has 112 valence electrons. The molecule has 1 saturated heterocycles. The van der Waals surface area contributed by atoms with Crippen molar-refractivity contribution in [1.29, 1.82) is 0 Å². The second-order valence-corrected chi connectivity index (χ2v) is 6.35. The molecule has 1 aromatic heterocycles. The molecule has 0 spiro atoms. The highest BCUT2D eigenvalue weighted by molar-refractivity contribution is 8.00. The van der Waals surface area contributed by atoms with Crippen molar-refractivity contribution >= 4 is 23.8 Å². The summed E-state index contributed by atoms with van der Waals surface area (Å²) in [5.74, 6) is -0.0587. The van der Waals surface area contributed by atoms with Crippen molar-refractivity contribution < 1.29 is 14.7 Å². The molecular weight excluding hydrogens is 292 g/mol. The number of hydrogen-bond acceptors (Lipinski definition) is 5. The molecule has 0 aromatic carbocycles. The molecule has 2 fully saturated rings. The van der Waals surface area contributed by atoms with E-state index >= 15 is 0 Å². The largest absolute Gasteiger partial charge is 0.480 e. The van der Waals surface area contributed by atoms with Crippen LogP contribution in [0.25, 0.3) is 0 Å². The Bertz CT molecular complexity index is 537. The van der Waals surface area contributed by atoms with Crippen molar-refractivity contribution in [2.24, 2.45) is 5.92 Å². The molecule has 2 N–H and O–H groups in total. The van der Waals surface area contributed by atoms with Crippen LogP contribution >= 0.6 is 11.8 Å². The number of aliphatic carboxylic acids is 1. The lowest BCUT2D eigenvalue weighted by Gasteiger charge is -2.27. The lowest BCUT2D eigenvalue weighted by molar-refractivity contribution is -0.141. The van der Waals surface area contributed by atoms with E-state index in [0.717, 1.165) is 12.8 Å². The molecule has 2 amide bonds. The smallest absolute Gasteiger partial charge is 0.327 e. The van der Waals surface area contributed by atoms with Gasteiger partial charge in [-0.15, -0.1) is 11.8 Å². The van der Waals surface area contributed by atoms with Crippen molar-refractivity contribution in [2.75, 3.05) is 5.75 Å². The van der Waals surface area contributed by atoms with Crippen LogP contribution in [0, 0.1) is 5.92 Å². The van der Waals surface area contributed by atoms with Crippen molar-refractivity contribution in [3.63, 3.8) is 0 Å². The Balaban J connectivity index is 1.66. The first-order valence-electron chi connectivity index (χ1n) is 6.84. The summed E-state index contributed by atoms with van der Waals surface area (Å²) in [5, 5.41) is 19.6. The van der Waals surface area contributed by atoms with Gasteiger partial charge in [0.2, 0.25) is 0 Å². The molecule has 8 heteroatoms. The number of nitrogens with zero attached hydrogens (tertiary/aromatic N) is 3. The van der Waals surface area contributed by atoms with Gasteiger partial charge < -0.3 is 10.4 Å². The number of nitrogens with one attached hydrogen (secondary N) is 1. The van der Waals surface area contributed by atoms with Gasteiger partial charge in [-0.05, 0) is 30.9 Å². The Kier molecular flexibility index (Phi) is 3.96. The number of hydrogen-bond donors (Lipinski definition) is 2. The monoisotopic (exact) mass is 308 g/mol. The van der Waals surface area contributed by atoms with E-state index in [1.54, 1.807) is 30.1 Å². The van der Waals surface area contributed by atoms with Gasteiger partial charge >= 0.3 is 12.0 Å². The number of urea groups is 1. The van der Waals surface area contributed by atoms with Crippen LogP contribution in [-0.4, -0.2) is 49.4 Å². The first-order chi connectivity index (χ1) is 10.2. The molecule has 1 aliphatic heterocycles. The fourth-order valence-corrected chi connectivity index (χ4v) is 4.04. The van der Waals surface area contributed by atoms with Crippen molar-refractivity contribution in [3.8, 4) is 0 Å². The molecule has 0 radical (unpaired) electrons. The SMILES string of the molecule is O=C(O)C1CSC(C2CC2)N1C(=O)NCc1cccnn1. The number of carboxylic acid groups (broad SMARTS) is 1. The highest BCUT2D eigenvalue weighted by Gasteiger charge is 2.48. The summed E-state index contributed by atoms with van der Waals surface area (Å²) in [6.45, 7) is 0.248. The first kappa shape index (κ1) is 14.1. The Morgan fingerprint density at radius 2 is 2.29 bits per heavy atom. The molecule has 1 aliphatic carbocycles. The maximum Gasteiger partial charge on any atom is 0.327 e. The molecule has 3 rings (SSSR count). The highest BCUT2D eigenvalue weighted by atomic mass is 32.2. The molecule has 1 aromatic rings. The van der Waals surface area contributed by atoms with E-state index in [2.05, 4.69) is 15.5 Å². The van der Waals surface area contributed by atoms with Crippen molar-refractivity contribution in [2.45, 2.75) is 30.8 Å². The van der Waals surface area contributed by atoms with Gasteiger partial charge in [0.25, 0.3) is 0 Å². The first-order valence-corrected chi connectivity index (χ1v) is 7.89. The predicted octanol–water partition coefficient (Wildman–Crippen LogP) is 0.924. The summed E-state index contributed by atoms with van der Waals surface area (Å²) in [5.41, 5.74) is 0.646. The van der Waals surface area contributed by atoms with Crippen LogP contribution in [0.5, 0.6) is 0 Å². The Morgan fingerprint density at radius 3 is 2.90 bits per heavy atom. The number of carbonyl (C=O) groups is 2. The van der Waals surface area contributed by atoms with E-state index in [0.29, 0.717) is 17.4 Å². The number of aromatic nitrogens is 2. The summed E-state index contributed by atoms with van der Waals surface area (Å²) in [6.07, 6.45) is 3.70. The molecule has 2 heterocycles. The van der Waals surface area contributed by atoms with Crippen LogP contribution in [0.15, 0.2) is 18.3 Å². The number of carbonyl (C=O) groups excluding carboxylic acids is 1. The number of amides is 2. The van der Waals surface area contributed by atoms with Crippen LogP contribution in [0.1, 0.15) is 18.5 Å². The maximum absolute atomic E-state index is 12.4. The third-order valence-corrected chi connectivity index (χ3v) is 5.09. The summed E-state index contributed by atoms with van der Waals surface area (Å²) >= 11 is 1.56. The van der Waals surface area contributed by atoms with Gasteiger partial charge in [0.05, 0.1) is 17.6 Å². The predicted molar refractivity (Wildman–Crippen MR) is 76.5 cm³/mol. The molecule has 21 heavy (non-hydrogen) atoms. The summed E-state index contributed by atoms with van der Waals surface area (Å²) in [4.78, 5) is 25.2. The van der Waals surface area contributed by atoms with Crippen LogP contribution in [0.4, 0.5) is 4.79 Å². The van der Waals surface area contributed by atoms with Gasteiger partial charge in [0, 0.05) is 11.9 Å². The zero-order valence-corrected chi connectivity index (χ0v) is 12.1. The fourth-order valence-electron chi connectivity index (χ4n) is 2.40. The van der Waals surface area contributed by atoms with Gasteiger partial charge in [-0.2, -0.15) is 10.2 Å². The topological polar surface area (TPSA) is 95.4 Å². The molecule has 2 aliphatic rings. The molecular formula is C13H16N4O3S. The van der Waals surface area contributed by atoms with Gasteiger partial charge in [-0.25, -0.2) is 9.59 Å². The minimum absolute atomic E-state index is 0.0204. The highest BCUT2D eigenvalue weighted by Crippen LogP contribution is 2.45. The Hall–Kier alpha value is -1.83. The van der Waals surface area contributed by atoms with Crippen LogP contribution in [0.3, 0.4) is 0 Å². The van der Waals surface area contributed by atoms with Crippen LogP contribution < -0.4 is 5.32 Å². The average molecular weight is 308 g/mol. The second-order valence-electron chi connectivity index (χ2n) is 5.20. The van der Waals surface area contributed by atoms with E-state index in [9.17, 15) is 14.7 Å².